The molecule has 0 rings (SSSR count). The summed E-state index contributed by atoms with van der Waals surface area (Å²) in [6, 6.07) is 0. The third-order valence-corrected chi connectivity index (χ3v) is 6.06. The van der Waals surface area contributed by atoms with Crippen molar-refractivity contribution < 1.29 is 88.6 Å². The van der Waals surface area contributed by atoms with Crippen molar-refractivity contribution in [3.05, 3.63) is 12.2 Å². The van der Waals surface area contributed by atoms with Gasteiger partial charge in [-0.3, -0.25) is 0 Å². The van der Waals surface area contributed by atoms with Crippen molar-refractivity contribution in [3.8, 4) is 0 Å². The summed E-state index contributed by atoms with van der Waals surface area (Å²) in [5.41, 5.74) is -3.05. The summed E-state index contributed by atoms with van der Waals surface area (Å²) in [6.07, 6.45) is -1.16. The number of nitrogens with one attached hydrogen (secondary N) is 1. The molecule has 0 saturated carbocycles. The van der Waals surface area contributed by atoms with Crippen LogP contribution in [0.15, 0.2) is 12.2 Å². The van der Waals surface area contributed by atoms with Gasteiger partial charge in [-0.1, -0.05) is 0 Å². The van der Waals surface area contributed by atoms with Crippen LogP contribution in [0.1, 0.15) is 14.2 Å². The molecule has 1 amide bonds. The number of aldehydes is 1. The Hall–Kier alpha value is -1.28. The summed E-state index contributed by atoms with van der Waals surface area (Å²) in [4.78, 5) is 55.6. The molecule has 3 atom stereocenters. The molecule has 23 heavy (non-hydrogen) atoms. The van der Waals surface area contributed by atoms with Crippen LogP contribution in [0.25, 0.3) is 0 Å². The topological polar surface area (TPSA) is 178 Å². The van der Waals surface area contributed by atoms with Crippen molar-refractivity contribution >= 4 is 30.1 Å². The molecule has 10 nitrogen and oxygen atoms in total. The zero-order valence-electron chi connectivity index (χ0n) is 13.1. The van der Waals surface area contributed by atoms with Crippen LogP contribution in [-0.4, -0.2) is 57.2 Å². The number of carboxylic acids is 3. The number of carbonyl (C=O) groups is 5. The molecule has 0 saturated heterocycles. The molecule has 0 aromatic carbocycles. The molecule has 11 heteroatoms. The van der Waals surface area contributed by atoms with Gasteiger partial charge in [0.25, 0.3) is 0 Å². The molecule has 0 aromatic rings. The van der Waals surface area contributed by atoms with Crippen molar-refractivity contribution in [2.24, 2.45) is 5.92 Å². The average molecular weight is 544 g/mol. The fourth-order valence-corrected chi connectivity index (χ4v) is 2.80. The molecular formula is C12H15NO9Ra. The van der Waals surface area contributed by atoms with Crippen molar-refractivity contribution in [1.82, 2.24) is 5.32 Å². The van der Waals surface area contributed by atoms with E-state index in [0.717, 1.165) is 12.2 Å². The van der Waals surface area contributed by atoms with Gasteiger partial charge in [-0.2, -0.15) is 0 Å². The van der Waals surface area contributed by atoms with Crippen LogP contribution in [0, 0.1) is 48.7 Å². The van der Waals surface area contributed by atoms with Crippen molar-refractivity contribution in [3.63, 3.8) is 0 Å². The van der Waals surface area contributed by atoms with E-state index in [1.165, 1.54) is 0 Å². The first-order chi connectivity index (χ1) is 10.9. The maximum absolute atomic E-state index is 12.1. The Morgan fingerprint density at radius 2 is 1.83 bits per heavy atom. The second kappa shape index (κ2) is 9.77. The van der Waals surface area contributed by atoms with Crippen LogP contribution in [0.2, 0.25) is 0 Å². The van der Waals surface area contributed by atoms with Crippen LogP contribution in [-0.2, 0) is 24.0 Å². The first-order valence-electron chi connectivity index (χ1n) is 6.78. The van der Waals surface area contributed by atoms with Crippen LogP contribution in [0.5, 0.6) is 0 Å². The Kier molecular flexibility index (Phi) is 8.39. The van der Waals surface area contributed by atoms with Gasteiger partial charge in [-0.05, 0) is 0 Å². The predicted molar refractivity (Wildman–Crippen MR) is 69.1 cm³/mol. The first-order valence-corrected chi connectivity index (χ1v) is 11.0. The second-order valence-corrected chi connectivity index (χ2v) is 9.37. The molecule has 0 radical (unpaired) electrons. The third kappa shape index (κ3) is 6.78. The van der Waals surface area contributed by atoms with E-state index in [1.54, 1.807) is 0 Å². The normalized spacial score (nSPS) is 16.6. The number of aliphatic hydroxyl groups is 1. The summed E-state index contributed by atoms with van der Waals surface area (Å²) in [5, 5.41) is 38.9. The van der Waals surface area contributed by atoms with Gasteiger partial charge in [0, 0.05) is 0 Å². The zero-order valence-corrected chi connectivity index (χ0v) is 20.3. The van der Waals surface area contributed by atoms with E-state index in [9.17, 15) is 29.1 Å². The summed E-state index contributed by atoms with van der Waals surface area (Å²) in [5.74, 6) is -8.20. The summed E-state index contributed by atoms with van der Waals surface area (Å²) < 4.78 is 5.51. The van der Waals surface area contributed by atoms with Gasteiger partial charge >= 0.3 is 162 Å². The quantitative estimate of drug-likeness (QED) is 0.152. The van der Waals surface area contributed by atoms with Crippen LogP contribution in [0.4, 0.5) is 0 Å². The minimum absolute atomic E-state index is 0.499. The number of rotatable bonds is 10. The van der Waals surface area contributed by atoms with Crippen molar-refractivity contribution in [2.45, 2.75) is 19.5 Å². The molecule has 0 fully saturated rings. The zero-order chi connectivity index (χ0) is 19.1. The van der Waals surface area contributed by atoms with E-state index in [-0.39, 0.29) is 0 Å². The van der Waals surface area contributed by atoms with Gasteiger partial charge < -0.3 is 0 Å². The Labute approximate surface area is 160 Å². The number of amides is 1. The maximum atomic E-state index is 12.1. The molecule has 0 aromatic heterocycles. The van der Waals surface area contributed by atoms with Crippen LogP contribution in [0.3, 0.4) is 0 Å². The molecule has 0 aliphatic heterocycles. The number of hydrogen-bond acceptors (Lipinski definition) is 6. The van der Waals surface area contributed by atoms with E-state index in [0.29, 0.717) is 0 Å². The van der Waals surface area contributed by atoms with E-state index in [4.69, 9.17) is 16.7 Å². The molecule has 1 unspecified atom stereocenters. The molecule has 0 bridgehead atoms. The van der Waals surface area contributed by atoms with Crippen molar-refractivity contribution in [2.75, 3.05) is 0 Å². The van der Waals surface area contributed by atoms with Crippen LogP contribution >= 0.6 is 0 Å². The molecule has 0 spiro atoms. The molecule has 0 aliphatic rings. The van der Waals surface area contributed by atoms with E-state index in [2.05, 4.69) is 0 Å². The van der Waals surface area contributed by atoms with Crippen molar-refractivity contribution in [1.29, 1.82) is 0 Å². The number of allylic oxidation sites excluding steroid dienone is 1. The minimum atomic E-state index is -3.05. The number of aliphatic carboxylic acids is 3. The Morgan fingerprint density at radius 3 is 2.22 bits per heavy atom. The second-order valence-electron chi connectivity index (χ2n) is 4.62. The number of hydrogen-bond donors (Lipinski definition) is 5. The number of carbonyl (C=O) groups excluding carboxylic acids is 2. The standard InChI is InChI=1S/C12H14NO9.Ra.H/c14-4-2-1-3-7(10(19)13-6-9(17)18)12(22,11(20)21)5-8(15)16;;/h1,3-4,6-7,22H,2,5H2,(H,13,19)(H,15,16)(H,17,18)(H,20,21);;/b3-1+;;/t7-,12+;;/m1../s1/i4D;;. The van der Waals surface area contributed by atoms with E-state index >= 15 is 0 Å². The van der Waals surface area contributed by atoms with Crippen LogP contribution < -0.4 is 5.32 Å². The Bertz CT molecular complexity index is 579. The summed E-state index contributed by atoms with van der Waals surface area (Å²) >= 11 is -0.759. The SMILES string of the molecule is [2H]C(=O)C/C=C/[C@H](C(=O)N[CH]([RaH])C(=O)O)[C@@](O)(CC(=O)O)C(=O)O. The Balaban J connectivity index is 5.73. The fourth-order valence-electron chi connectivity index (χ4n) is 1.63. The van der Waals surface area contributed by atoms with Gasteiger partial charge in [0.15, 0.2) is 0 Å². The third-order valence-electron chi connectivity index (χ3n) is 2.85. The van der Waals surface area contributed by atoms with Gasteiger partial charge in [-0.25, -0.2) is 0 Å². The average Bonchev–Trinajstić information content (AvgIpc) is 2.41. The van der Waals surface area contributed by atoms with Gasteiger partial charge in [0.05, 0.1) is 0 Å². The summed E-state index contributed by atoms with van der Waals surface area (Å²) in [7, 11) is 0. The molecule has 0 aliphatic carbocycles. The van der Waals surface area contributed by atoms with Gasteiger partial charge in [0.1, 0.15) is 0 Å². The number of carboxylic acid groups (broad SMARTS) is 3. The van der Waals surface area contributed by atoms with E-state index in [1.807, 2.05) is 5.32 Å². The monoisotopic (exact) mass is 544 g/mol. The first kappa shape index (κ1) is 19.8. The fraction of sp³-hybridized carbons (Fsp3) is 0.417. The molecule has 0 heterocycles. The molecule has 124 valence electrons. The molecular weight excluding hydrogens is 528 g/mol. The Morgan fingerprint density at radius 1 is 1.26 bits per heavy atom. The van der Waals surface area contributed by atoms with Gasteiger partial charge in [-0.15, -0.1) is 0 Å². The predicted octanol–water partition coefficient (Wildman–Crippen LogP) is -2.15. The summed E-state index contributed by atoms with van der Waals surface area (Å²) in [6.45, 7) is 0. The van der Waals surface area contributed by atoms with E-state index < -0.39 is 98.3 Å². The van der Waals surface area contributed by atoms with Gasteiger partial charge in [0.2, 0.25) is 0 Å². The molecule has 5 N–H and O–H groups in total.